The summed E-state index contributed by atoms with van der Waals surface area (Å²) < 4.78 is 77.1. The summed E-state index contributed by atoms with van der Waals surface area (Å²) in [6.45, 7) is 1.19. The van der Waals surface area contributed by atoms with Crippen molar-refractivity contribution in [3.05, 3.63) is 27.8 Å². The number of rotatable bonds is 2. The topological polar surface area (TPSA) is 75.6 Å². The quantitative estimate of drug-likeness (QED) is 0.790. The molecule has 0 aromatic carbocycles. The lowest BCUT2D eigenvalue weighted by atomic mass is 10.2. The van der Waals surface area contributed by atoms with E-state index in [2.05, 4.69) is 10.2 Å². The average molecular weight is 376 g/mol. The Morgan fingerprint density at radius 3 is 2.25 bits per heavy atom. The van der Waals surface area contributed by atoms with Crippen LogP contribution in [0, 0.1) is 6.92 Å². The summed E-state index contributed by atoms with van der Waals surface area (Å²) in [7, 11) is 0.899. The molecule has 0 spiro atoms. The van der Waals surface area contributed by atoms with Crippen LogP contribution >= 0.6 is 11.6 Å². The van der Waals surface area contributed by atoms with Crippen LogP contribution in [0.25, 0.3) is 0 Å². The van der Waals surface area contributed by atoms with Crippen LogP contribution in [0.2, 0.25) is 5.02 Å². The van der Waals surface area contributed by atoms with Crippen molar-refractivity contribution in [2.45, 2.75) is 19.3 Å². The fourth-order valence-corrected chi connectivity index (χ4v) is 2.26. The van der Waals surface area contributed by atoms with Crippen molar-refractivity contribution in [3.63, 3.8) is 0 Å². The standard InChI is InChI=1S/C11H8ClF6N5O/c1-3-5(7(21-20-3)10(13,14)15)19-9(24)6-4(12)8(11(16,17)18)23(2)22-6/h1-2H3,(H,19,24)(H,20,21). The van der Waals surface area contributed by atoms with Crippen LogP contribution in [-0.2, 0) is 19.4 Å². The van der Waals surface area contributed by atoms with E-state index in [4.69, 9.17) is 11.6 Å². The van der Waals surface area contributed by atoms with Gasteiger partial charge in [-0.05, 0) is 6.92 Å². The number of aryl methyl sites for hydroxylation is 2. The van der Waals surface area contributed by atoms with E-state index >= 15 is 0 Å². The molecule has 2 aromatic heterocycles. The molecule has 13 heteroatoms. The minimum Gasteiger partial charge on any atom is -0.317 e. The van der Waals surface area contributed by atoms with Crippen molar-refractivity contribution in [2.75, 3.05) is 5.32 Å². The Bertz CT molecular complexity index is 790. The van der Waals surface area contributed by atoms with Crippen molar-refractivity contribution in [2.24, 2.45) is 7.05 Å². The second kappa shape index (κ2) is 5.69. The average Bonchev–Trinajstić information content (AvgIpc) is 2.89. The van der Waals surface area contributed by atoms with Crippen LogP contribution in [0.3, 0.4) is 0 Å². The lowest BCUT2D eigenvalue weighted by Crippen LogP contribution is -2.17. The van der Waals surface area contributed by atoms with Gasteiger partial charge in [0.15, 0.2) is 17.1 Å². The predicted molar refractivity (Wildman–Crippen MR) is 69.5 cm³/mol. The Labute approximate surface area is 134 Å². The van der Waals surface area contributed by atoms with Crippen LogP contribution in [0.1, 0.15) is 27.6 Å². The Kier molecular flexibility index (Phi) is 4.29. The SMILES string of the molecule is Cc1[nH]nc(C(F)(F)F)c1NC(=O)c1nn(C)c(C(F)(F)F)c1Cl. The van der Waals surface area contributed by atoms with E-state index in [1.165, 1.54) is 6.92 Å². The van der Waals surface area contributed by atoms with Gasteiger partial charge in [-0.15, -0.1) is 0 Å². The largest absolute Gasteiger partial charge is 0.437 e. The van der Waals surface area contributed by atoms with E-state index < -0.39 is 46.1 Å². The molecule has 1 amide bonds. The highest BCUT2D eigenvalue weighted by atomic mass is 35.5. The predicted octanol–water partition coefficient (Wildman–Crippen LogP) is 3.39. The van der Waals surface area contributed by atoms with Gasteiger partial charge in [0.1, 0.15) is 5.02 Å². The molecule has 2 rings (SSSR count). The van der Waals surface area contributed by atoms with Gasteiger partial charge in [0, 0.05) is 7.05 Å². The van der Waals surface area contributed by atoms with Crippen LogP contribution < -0.4 is 5.32 Å². The molecule has 0 aliphatic heterocycles. The van der Waals surface area contributed by atoms with Gasteiger partial charge in [0.2, 0.25) is 0 Å². The van der Waals surface area contributed by atoms with Crippen LogP contribution in [-0.4, -0.2) is 25.9 Å². The molecular weight excluding hydrogens is 368 g/mol. The first-order chi connectivity index (χ1) is 10.8. The van der Waals surface area contributed by atoms with Crippen LogP contribution in [0.5, 0.6) is 0 Å². The van der Waals surface area contributed by atoms with E-state index in [-0.39, 0.29) is 5.69 Å². The molecule has 0 saturated heterocycles. The Hall–Kier alpha value is -2.24. The first-order valence-electron chi connectivity index (χ1n) is 6.07. The van der Waals surface area contributed by atoms with E-state index in [0.29, 0.717) is 4.68 Å². The van der Waals surface area contributed by atoms with Gasteiger partial charge in [-0.3, -0.25) is 14.6 Å². The van der Waals surface area contributed by atoms with Crippen LogP contribution in [0.4, 0.5) is 32.0 Å². The maximum atomic E-state index is 12.8. The molecule has 2 N–H and O–H groups in total. The van der Waals surface area contributed by atoms with Gasteiger partial charge >= 0.3 is 12.4 Å². The molecule has 0 fully saturated rings. The summed E-state index contributed by atoms with van der Waals surface area (Å²) in [5.41, 5.74) is -4.53. The van der Waals surface area contributed by atoms with Gasteiger partial charge in [0.05, 0.1) is 11.4 Å². The van der Waals surface area contributed by atoms with E-state index in [1.807, 2.05) is 10.4 Å². The normalized spacial score (nSPS) is 12.5. The highest BCUT2D eigenvalue weighted by molar-refractivity contribution is 6.34. The second-order valence-electron chi connectivity index (χ2n) is 4.66. The first-order valence-corrected chi connectivity index (χ1v) is 6.45. The minimum atomic E-state index is -4.89. The summed E-state index contributed by atoms with van der Waals surface area (Å²) in [6, 6.07) is 0. The molecule has 0 unspecified atom stereocenters. The number of alkyl halides is 6. The molecule has 132 valence electrons. The molecule has 6 nitrogen and oxygen atoms in total. The molecular formula is C11H8ClF6N5O. The number of hydrogen-bond donors (Lipinski definition) is 2. The monoisotopic (exact) mass is 375 g/mol. The van der Waals surface area contributed by atoms with Crippen molar-refractivity contribution in [3.8, 4) is 0 Å². The molecule has 24 heavy (non-hydrogen) atoms. The third kappa shape index (κ3) is 3.18. The summed E-state index contributed by atoms with van der Waals surface area (Å²) in [5.74, 6) is -1.33. The highest BCUT2D eigenvalue weighted by Crippen LogP contribution is 2.37. The van der Waals surface area contributed by atoms with E-state index in [0.717, 1.165) is 7.05 Å². The molecule has 0 bridgehead atoms. The lowest BCUT2D eigenvalue weighted by molar-refractivity contribution is -0.143. The third-order valence-electron chi connectivity index (χ3n) is 2.93. The smallest absolute Gasteiger partial charge is 0.317 e. The van der Waals surface area contributed by atoms with E-state index in [9.17, 15) is 31.1 Å². The number of halogens is 7. The summed E-state index contributed by atoms with van der Waals surface area (Å²) in [6.07, 6.45) is -9.77. The fourth-order valence-electron chi connectivity index (χ4n) is 1.91. The van der Waals surface area contributed by atoms with Crippen LogP contribution in [0.15, 0.2) is 0 Å². The minimum absolute atomic E-state index is 0.140. The summed E-state index contributed by atoms with van der Waals surface area (Å²) >= 11 is 5.51. The highest BCUT2D eigenvalue weighted by Gasteiger charge is 2.41. The fraction of sp³-hybridized carbons (Fsp3) is 0.364. The van der Waals surface area contributed by atoms with Gasteiger partial charge in [0.25, 0.3) is 5.91 Å². The Morgan fingerprint density at radius 2 is 1.79 bits per heavy atom. The number of aromatic nitrogens is 4. The molecule has 0 aliphatic carbocycles. The number of anilines is 1. The molecule has 0 radical (unpaired) electrons. The molecule has 0 atom stereocenters. The van der Waals surface area contributed by atoms with Gasteiger partial charge in [-0.25, -0.2) is 0 Å². The molecule has 2 heterocycles. The molecule has 0 saturated carbocycles. The van der Waals surface area contributed by atoms with Gasteiger partial charge in [-0.1, -0.05) is 11.6 Å². The summed E-state index contributed by atoms with van der Waals surface area (Å²) in [4.78, 5) is 12.0. The third-order valence-corrected chi connectivity index (χ3v) is 3.29. The molecule has 0 aliphatic rings. The molecule has 2 aromatic rings. The number of nitrogens with zero attached hydrogens (tertiary/aromatic N) is 3. The number of carbonyl (C=O) groups is 1. The maximum absolute atomic E-state index is 12.8. The zero-order chi connectivity index (χ0) is 18.4. The van der Waals surface area contributed by atoms with Crippen molar-refractivity contribution >= 4 is 23.2 Å². The van der Waals surface area contributed by atoms with Crippen molar-refractivity contribution in [1.82, 2.24) is 20.0 Å². The second-order valence-corrected chi connectivity index (χ2v) is 5.03. The van der Waals surface area contributed by atoms with Crippen molar-refractivity contribution in [1.29, 1.82) is 0 Å². The van der Waals surface area contributed by atoms with Gasteiger partial charge < -0.3 is 5.32 Å². The number of aromatic amines is 1. The van der Waals surface area contributed by atoms with E-state index in [1.54, 1.807) is 0 Å². The first kappa shape index (κ1) is 18.1. The summed E-state index contributed by atoms with van der Waals surface area (Å²) in [5, 5.41) is 9.18. The zero-order valence-electron chi connectivity index (χ0n) is 11.9. The number of H-pyrrole nitrogens is 1. The number of hydrogen-bond acceptors (Lipinski definition) is 3. The van der Waals surface area contributed by atoms with Crippen molar-refractivity contribution < 1.29 is 31.1 Å². The Morgan fingerprint density at radius 1 is 1.21 bits per heavy atom. The number of carbonyl (C=O) groups excluding carboxylic acids is 1. The lowest BCUT2D eigenvalue weighted by Gasteiger charge is -2.08. The number of nitrogens with one attached hydrogen (secondary N) is 2. The Balaban J connectivity index is 2.42. The number of amides is 1. The van der Waals surface area contributed by atoms with Gasteiger partial charge in [-0.2, -0.15) is 36.5 Å². The maximum Gasteiger partial charge on any atom is 0.437 e. The zero-order valence-corrected chi connectivity index (χ0v) is 12.7.